The monoisotopic (exact) mass is 410 g/mol. The molecule has 0 N–H and O–H groups in total. The Hall–Kier alpha value is -2.86. The predicted molar refractivity (Wildman–Crippen MR) is 117 cm³/mol. The lowest BCUT2D eigenvalue weighted by Gasteiger charge is -2.21. The highest BCUT2D eigenvalue weighted by molar-refractivity contribution is 7.13. The van der Waals surface area contributed by atoms with Crippen molar-refractivity contribution in [2.45, 2.75) is 26.8 Å². The Labute approximate surface area is 175 Å². The van der Waals surface area contributed by atoms with Crippen LogP contribution in [0.4, 0.5) is 0 Å². The van der Waals surface area contributed by atoms with Crippen molar-refractivity contribution in [3.8, 4) is 22.1 Å². The van der Waals surface area contributed by atoms with Gasteiger partial charge in [-0.25, -0.2) is 4.98 Å². The molecule has 3 rings (SSSR count). The van der Waals surface area contributed by atoms with Crippen LogP contribution in [0.25, 0.3) is 10.6 Å². The zero-order chi connectivity index (χ0) is 20.6. The molecule has 3 aromatic rings. The van der Waals surface area contributed by atoms with Crippen molar-refractivity contribution in [2.24, 2.45) is 0 Å². The van der Waals surface area contributed by atoms with E-state index in [1.807, 2.05) is 72.7 Å². The molecule has 1 heterocycles. The van der Waals surface area contributed by atoms with Gasteiger partial charge in [0, 0.05) is 24.0 Å². The van der Waals surface area contributed by atoms with Crippen molar-refractivity contribution in [3.05, 3.63) is 65.2 Å². The van der Waals surface area contributed by atoms with Gasteiger partial charge in [-0.3, -0.25) is 4.79 Å². The van der Waals surface area contributed by atoms with Crippen LogP contribution in [0.1, 0.15) is 25.1 Å². The summed E-state index contributed by atoms with van der Waals surface area (Å²) >= 11 is 1.57. The molecule has 2 aromatic carbocycles. The van der Waals surface area contributed by atoms with Gasteiger partial charge < -0.3 is 14.4 Å². The Kier molecular flexibility index (Phi) is 7.25. The summed E-state index contributed by atoms with van der Waals surface area (Å²) in [6.07, 6.45) is 0.297. The van der Waals surface area contributed by atoms with E-state index >= 15 is 0 Å². The number of hydrogen-bond donors (Lipinski definition) is 0. The molecule has 0 unspecified atom stereocenters. The molecule has 1 aromatic heterocycles. The number of benzene rings is 2. The van der Waals surface area contributed by atoms with Crippen LogP contribution < -0.4 is 9.47 Å². The second kappa shape index (κ2) is 10.1. The summed E-state index contributed by atoms with van der Waals surface area (Å²) in [6, 6.07) is 15.8. The molecule has 0 atom stereocenters. The molecule has 29 heavy (non-hydrogen) atoms. The van der Waals surface area contributed by atoms with Gasteiger partial charge >= 0.3 is 0 Å². The van der Waals surface area contributed by atoms with E-state index in [1.54, 1.807) is 18.4 Å². The minimum absolute atomic E-state index is 0.0604. The smallest absolute Gasteiger partial charge is 0.228 e. The van der Waals surface area contributed by atoms with E-state index in [0.29, 0.717) is 37.6 Å². The molecule has 0 radical (unpaired) electrons. The lowest BCUT2D eigenvalue weighted by atomic mass is 10.1. The standard InChI is InChI=1S/C23H26N2O3S/c1-4-25(15-17-11-12-20(28-5-2)21(13-17)27-3)22(26)14-19-16-29-23(24-19)18-9-7-6-8-10-18/h6-13,16H,4-5,14-15H2,1-3H3. The van der Waals surface area contributed by atoms with Crippen molar-refractivity contribution in [1.82, 2.24) is 9.88 Å². The number of rotatable bonds is 9. The number of likely N-dealkylation sites (N-methyl/N-ethyl adjacent to an activating group) is 1. The maximum absolute atomic E-state index is 12.9. The summed E-state index contributed by atoms with van der Waals surface area (Å²) in [5.41, 5.74) is 2.88. The van der Waals surface area contributed by atoms with E-state index in [-0.39, 0.29) is 5.91 Å². The van der Waals surface area contributed by atoms with E-state index in [2.05, 4.69) is 4.98 Å². The Morgan fingerprint density at radius 3 is 2.59 bits per heavy atom. The van der Waals surface area contributed by atoms with Crippen LogP contribution in [0.2, 0.25) is 0 Å². The first kappa shape index (κ1) is 20.9. The van der Waals surface area contributed by atoms with Gasteiger partial charge in [0.25, 0.3) is 0 Å². The maximum atomic E-state index is 12.9. The molecule has 5 nitrogen and oxygen atoms in total. The van der Waals surface area contributed by atoms with Gasteiger partial charge in [0.1, 0.15) is 5.01 Å². The highest BCUT2D eigenvalue weighted by Gasteiger charge is 2.16. The Morgan fingerprint density at radius 2 is 1.90 bits per heavy atom. The second-order valence-corrected chi connectivity index (χ2v) is 7.37. The molecule has 0 aliphatic heterocycles. The number of carbonyl (C=O) groups excluding carboxylic acids is 1. The van der Waals surface area contributed by atoms with Gasteiger partial charge in [0.2, 0.25) is 5.91 Å². The fourth-order valence-corrected chi connectivity index (χ4v) is 3.88. The average molecular weight is 411 g/mol. The van der Waals surface area contributed by atoms with E-state index in [4.69, 9.17) is 9.47 Å². The minimum atomic E-state index is 0.0604. The van der Waals surface area contributed by atoms with E-state index in [1.165, 1.54) is 0 Å². The van der Waals surface area contributed by atoms with E-state index in [0.717, 1.165) is 21.8 Å². The summed E-state index contributed by atoms with van der Waals surface area (Å²) in [5, 5.41) is 2.90. The number of methoxy groups -OCH3 is 1. The number of thiazole rings is 1. The molecule has 0 bridgehead atoms. The molecule has 6 heteroatoms. The molecular formula is C23H26N2O3S. The van der Waals surface area contributed by atoms with Gasteiger partial charge in [0.15, 0.2) is 11.5 Å². The van der Waals surface area contributed by atoms with Gasteiger partial charge in [-0.1, -0.05) is 36.4 Å². The molecule has 0 aliphatic rings. The van der Waals surface area contributed by atoms with Crippen LogP contribution in [0.5, 0.6) is 11.5 Å². The molecule has 0 aliphatic carbocycles. The zero-order valence-corrected chi connectivity index (χ0v) is 17.9. The molecule has 0 saturated carbocycles. The third-order valence-corrected chi connectivity index (χ3v) is 5.48. The molecule has 0 fully saturated rings. The first-order valence-electron chi connectivity index (χ1n) is 9.71. The normalized spacial score (nSPS) is 10.6. The summed E-state index contributed by atoms with van der Waals surface area (Å²) < 4.78 is 11.0. The Morgan fingerprint density at radius 1 is 1.10 bits per heavy atom. The number of carbonyl (C=O) groups is 1. The maximum Gasteiger partial charge on any atom is 0.228 e. The second-order valence-electron chi connectivity index (χ2n) is 6.51. The molecule has 1 amide bonds. The molecule has 0 saturated heterocycles. The van der Waals surface area contributed by atoms with Crippen molar-refractivity contribution in [1.29, 1.82) is 0 Å². The third-order valence-electron chi connectivity index (χ3n) is 4.54. The summed E-state index contributed by atoms with van der Waals surface area (Å²) in [6.45, 7) is 5.65. The SMILES string of the molecule is CCOc1ccc(CN(CC)C(=O)Cc2csc(-c3ccccc3)n2)cc1OC. The topological polar surface area (TPSA) is 51.7 Å². The van der Waals surface area contributed by atoms with Crippen LogP contribution in [-0.4, -0.2) is 36.1 Å². The summed E-state index contributed by atoms with van der Waals surface area (Å²) in [7, 11) is 1.62. The fraction of sp³-hybridized carbons (Fsp3) is 0.304. The lowest BCUT2D eigenvalue weighted by Crippen LogP contribution is -2.31. The van der Waals surface area contributed by atoms with Crippen LogP contribution >= 0.6 is 11.3 Å². The molecular weight excluding hydrogens is 384 g/mol. The van der Waals surface area contributed by atoms with Gasteiger partial charge in [-0.15, -0.1) is 11.3 Å². The Bertz CT molecular complexity index is 940. The van der Waals surface area contributed by atoms with Gasteiger partial charge in [-0.2, -0.15) is 0 Å². The molecule has 152 valence electrons. The number of nitrogens with zero attached hydrogens (tertiary/aromatic N) is 2. The average Bonchev–Trinajstić information content (AvgIpc) is 3.22. The quantitative estimate of drug-likeness (QED) is 0.508. The summed E-state index contributed by atoms with van der Waals surface area (Å²) in [5.74, 6) is 1.45. The van der Waals surface area contributed by atoms with E-state index in [9.17, 15) is 4.79 Å². The zero-order valence-electron chi connectivity index (χ0n) is 17.1. The highest BCUT2D eigenvalue weighted by atomic mass is 32.1. The van der Waals surface area contributed by atoms with Crippen molar-refractivity contribution in [2.75, 3.05) is 20.3 Å². The van der Waals surface area contributed by atoms with Gasteiger partial charge in [-0.05, 0) is 31.5 Å². The summed E-state index contributed by atoms with van der Waals surface area (Å²) in [4.78, 5) is 19.3. The van der Waals surface area contributed by atoms with Crippen LogP contribution in [0.3, 0.4) is 0 Å². The van der Waals surface area contributed by atoms with Gasteiger partial charge in [0.05, 0.1) is 25.8 Å². The first-order valence-corrected chi connectivity index (χ1v) is 10.6. The predicted octanol–water partition coefficient (Wildman–Crippen LogP) is 4.81. The highest BCUT2D eigenvalue weighted by Crippen LogP contribution is 2.29. The Balaban J connectivity index is 1.67. The van der Waals surface area contributed by atoms with Crippen molar-refractivity contribution < 1.29 is 14.3 Å². The lowest BCUT2D eigenvalue weighted by molar-refractivity contribution is -0.130. The van der Waals surface area contributed by atoms with Crippen LogP contribution in [-0.2, 0) is 17.8 Å². The molecule has 0 spiro atoms. The van der Waals surface area contributed by atoms with Crippen LogP contribution in [0, 0.1) is 0 Å². The number of amides is 1. The number of hydrogen-bond acceptors (Lipinski definition) is 5. The third kappa shape index (κ3) is 5.35. The van der Waals surface area contributed by atoms with Crippen LogP contribution in [0.15, 0.2) is 53.9 Å². The minimum Gasteiger partial charge on any atom is -0.493 e. The van der Waals surface area contributed by atoms with Crippen molar-refractivity contribution in [3.63, 3.8) is 0 Å². The number of ether oxygens (including phenoxy) is 2. The largest absolute Gasteiger partial charge is 0.493 e. The fourth-order valence-electron chi connectivity index (χ4n) is 3.05. The number of aromatic nitrogens is 1. The first-order chi connectivity index (χ1) is 14.1. The van der Waals surface area contributed by atoms with E-state index < -0.39 is 0 Å². The van der Waals surface area contributed by atoms with Crippen molar-refractivity contribution >= 4 is 17.2 Å².